The highest BCUT2D eigenvalue weighted by Crippen LogP contribution is 2.21. The Morgan fingerprint density at radius 2 is 2.57 bits per heavy atom. The summed E-state index contributed by atoms with van der Waals surface area (Å²) in [7, 11) is 0. The van der Waals surface area contributed by atoms with Gasteiger partial charge in [-0.3, -0.25) is 4.90 Å². The number of nitrogens with zero attached hydrogens (tertiary/aromatic N) is 1. The molecule has 4 heteroatoms. The summed E-state index contributed by atoms with van der Waals surface area (Å²) in [5.41, 5.74) is 1.43. The van der Waals surface area contributed by atoms with Crippen LogP contribution in [0.1, 0.15) is 12.5 Å². The molecule has 1 aromatic heterocycles. The maximum atomic E-state index is 3.50. The summed E-state index contributed by atoms with van der Waals surface area (Å²) >= 11 is 5.26. The second kappa shape index (κ2) is 4.75. The summed E-state index contributed by atoms with van der Waals surface area (Å²) in [4.78, 5) is 2.51. The number of halogens is 1. The van der Waals surface area contributed by atoms with E-state index >= 15 is 0 Å². The minimum absolute atomic E-state index is 0.630. The topological polar surface area (TPSA) is 15.3 Å². The van der Waals surface area contributed by atoms with E-state index in [2.05, 4.69) is 44.5 Å². The van der Waals surface area contributed by atoms with Gasteiger partial charge in [0, 0.05) is 32.2 Å². The summed E-state index contributed by atoms with van der Waals surface area (Å²) in [5, 5.41) is 5.69. The molecule has 1 aromatic rings. The molecule has 78 valence electrons. The normalized spacial score (nSPS) is 24.0. The Kier molecular flexibility index (Phi) is 3.60. The third-order valence-corrected chi connectivity index (χ3v) is 4.03. The van der Waals surface area contributed by atoms with Gasteiger partial charge in [0.2, 0.25) is 0 Å². The Balaban J connectivity index is 1.90. The summed E-state index contributed by atoms with van der Waals surface area (Å²) in [6.45, 7) is 6.78. The highest BCUT2D eigenvalue weighted by molar-refractivity contribution is 9.11. The van der Waals surface area contributed by atoms with E-state index in [0.717, 1.165) is 26.2 Å². The second-order valence-corrected chi connectivity index (χ2v) is 6.14. The van der Waals surface area contributed by atoms with Crippen molar-refractivity contribution in [2.24, 2.45) is 0 Å². The minimum Gasteiger partial charge on any atom is -0.312 e. The smallest absolute Gasteiger partial charge is 0.0701 e. The molecule has 2 nitrogen and oxygen atoms in total. The van der Waals surface area contributed by atoms with E-state index < -0.39 is 0 Å². The van der Waals surface area contributed by atoms with Crippen LogP contribution in [-0.4, -0.2) is 30.6 Å². The van der Waals surface area contributed by atoms with Crippen molar-refractivity contribution in [2.75, 3.05) is 19.6 Å². The quantitative estimate of drug-likeness (QED) is 0.891. The van der Waals surface area contributed by atoms with Crippen molar-refractivity contribution in [1.82, 2.24) is 10.2 Å². The van der Waals surface area contributed by atoms with E-state index in [-0.39, 0.29) is 0 Å². The van der Waals surface area contributed by atoms with Gasteiger partial charge in [-0.25, -0.2) is 0 Å². The molecule has 0 radical (unpaired) electrons. The molecule has 1 fully saturated rings. The maximum absolute atomic E-state index is 3.50. The van der Waals surface area contributed by atoms with Crippen molar-refractivity contribution in [3.8, 4) is 0 Å². The fourth-order valence-electron chi connectivity index (χ4n) is 1.84. The zero-order valence-corrected chi connectivity index (χ0v) is 10.7. The van der Waals surface area contributed by atoms with E-state index in [0.29, 0.717) is 6.04 Å². The van der Waals surface area contributed by atoms with Gasteiger partial charge in [-0.05, 0) is 39.9 Å². The molecule has 0 aliphatic carbocycles. The zero-order valence-electron chi connectivity index (χ0n) is 8.29. The Hall–Kier alpha value is 0.1000. The highest BCUT2D eigenvalue weighted by atomic mass is 79.9. The van der Waals surface area contributed by atoms with Crippen LogP contribution in [0.2, 0.25) is 0 Å². The number of piperazine rings is 1. The minimum atomic E-state index is 0.630. The standard InChI is InChI=1S/C10H15BrN2S/c1-8-5-13(3-2-12-8)6-9-4-10(11)14-7-9/h4,7-8,12H,2-3,5-6H2,1H3. The van der Waals surface area contributed by atoms with Gasteiger partial charge >= 0.3 is 0 Å². The molecule has 2 heterocycles. The summed E-state index contributed by atoms with van der Waals surface area (Å²) in [6.07, 6.45) is 0. The molecule has 1 atom stereocenters. The molecule has 0 saturated carbocycles. The number of thiophene rings is 1. The first-order valence-electron chi connectivity index (χ1n) is 4.92. The Morgan fingerprint density at radius 1 is 1.71 bits per heavy atom. The van der Waals surface area contributed by atoms with Gasteiger partial charge in [0.15, 0.2) is 0 Å². The van der Waals surface area contributed by atoms with Crippen LogP contribution >= 0.6 is 27.3 Å². The van der Waals surface area contributed by atoms with E-state index in [1.54, 1.807) is 11.3 Å². The maximum Gasteiger partial charge on any atom is 0.0701 e. The van der Waals surface area contributed by atoms with Crippen molar-refractivity contribution >= 4 is 27.3 Å². The van der Waals surface area contributed by atoms with Gasteiger partial charge < -0.3 is 5.32 Å². The van der Waals surface area contributed by atoms with Gasteiger partial charge in [-0.15, -0.1) is 11.3 Å². The molecule has 1 unspecified atom stereocenters. The average molecular weight is 275 g/mol. The third-order valence-electron chi connectivity index (χ3n) is 2.48. The van der Waals surface area contributed by atoms with Crippen molar-refractivity contribution in [1.29, 1.82) is 0 Å². The van der Waals surface area contributed by atoms with Gasteiger partial charge in [0.1, 0.15) is 0 Å². The molecular formula is C10H15BrN2S. The average Bonchev–Trinajstić information content (AvgIpc) is 2.51. The summed E-state index contributed by atoms with van der Waals surface area (Å²) in [6, 6.07) is 2.85. The molecule has 0 spiro atoms. The van der Waals surface area contributed by atoms with Crippen LogP contribution in [0.15, 0.2) is 15.2 Å². The predicted octanol–water partition coefficient (Wildman–Crippen LogP) is 2.30. The molecule has 1 saturated heterocycles. The fraction of sp³-hybridized carbons (Fsp3) is 0.600. The van der Waals surface area contributed by atoms with Gasteiger partial charge in [-0.1, -0.05) is 0 Å². The summed E-state index contributed by atoms with van der Waals surface area (Å²) < 4.78 is 1.23. The van der Waals surface area contributed by atoms with E-state index in [1.165, 1.54) is 9.35 Å². The Morgan fingerprint density at radius 3 is 3.21 bits per heavy atom. The lowest BCUT2D eigenvalue weighted by Gasteiger charge is -2.31. The lowest BCUT2D eigenvalue weighted by molar-refractivity contribution is 0.200. The van der Waals surface area contributed by atoms with Crippen LogP contribution in [0.3, 0.4) is 0 Å². The van der Waals surface area contributed by atoms with Crippen molar-refractivity contribution in [2.45, 2.75) is 19.5 Å². The van der Waals surface area contributed by atoms with Gasteiger partial charge in [0.25, 0.3) is 0 Å². The molecule has 0 bridgehead atoms. The Labute approximate surface area is 97.4 Å². The number of hydrogen-bond acceptors (Lipinski definition) is 3. The SMILES string of the molecule is CC1CN(Cc2csc(Br)c2)CCN1. The first kappa shape index (κ1) is 10.6. The first-order chi connectivity index (χ1) is 6.74. The van der Waals surface area contributed by atoms with Crippen LogP contribution in [0.25, 0.3) is 0 Å². The number of hydrogen-bond donors (Lipinski definition) is 1. The second-order valence-electron chi connectivity index (χ2n) is 3.85. The van der Waals surface area contributed by atoms with E-state index in [9.17, 15) is 0 Å². The molecule has 1 aliphatic rings. The molecule has 2 rings (SSSR count). The largest absolute Gasteiger partial charge is 0.312 e. The van der Waals surface area contributed by atoms with Crippen molar-refractivity contribution in [3.05, 3.63) is 20.8 Å². The lowest BCUT2D eigenvalue weighted by Crippen LogP contribution is -2.48. The fourth-order valence-corrected chi connectivity index (χ4v) is 3.04. The lowest BCUT2D eigenvalue weighted by atomic mass is 10.2. The molecular weight excluding hydrogens is 260 g/mol. The molecule has 1 N–H and O–H groups in total. The number of nitrogens with one attached hydrogen (secondary N) is 1. The van der Waals surface area contributed by atoms with Crippen LogP contribution in [0, 0.1) is 0 Å². The Bertz CT molecular complexity index is 300. The van der Waals surface area contributed by atoms with Crippen molar-refractivity contribution in [3.63, 3.8) is 0 Å². The van der Waals surface area contributed by atoms with Crippen LogP contribution in [0.5, 0.6) is 0 Å². The van der Waals surface area contributed by atoms with Gasteiger partial charge in [0.05, 0.1) is 3.79 Å². The zero-order chi connectivity index (χ0) is 9.97. The molecule has 14 heavy (non-hydrogen) atoms. The predicted molar refractivity (Wildman–Crippen MR) is 64.8 cm³/mol. The van der Waals surface area contributed by atoms with E-state index in [4.69, 9.17) is 0 Å². The van der Waals surface area contributed by atoms with E-state index in [1.807, 2.05) is 0 Å². The van der Waals surface area contributed by atoms with Crippen LogP contribution in [-0.2, 0) is 6.54 Å². The van der Waals surface area contributed by atoms with Crippen LogP contribution in [0.4, 0.5) is 0 Å². The number of rotatable bonds is 2. The third kappa shape index (κ3) is 2.79. The first-order valence-corrected chi connectivity index (χ1v) is 6.60. The van der Waals surface area contributed by atoms with Crippen molar-refractivity contribution < 1.29 is 0 Å². The van der Waals surface area contributed by atoms with Gasteiger partial charge in [-0.2, -0.15) is 0 Å². The monoisotopic (exact) mass is 274 g/mol. The molecule has 1 aliphatic heterocycles. The summed E-state index contributed by atoms with van der Waals surface area (Å²) in [5.74, 6) is 0. The highest BCUT2D eigenvalue weighted by Gasteiger charge is 2.15. The molecule has 0 aromatic carbocycles. The van der Waals surface area contributed by atoms with Crippen LogP contribution < -0.4 is 5.32 Å². The molecule has 0 amide bonds.